The standard InChI is InChI=1S/C12H20N2O2S2/c1-4-11-5-6-12(17-11)18(15,16)14-8-7-13(3)9-10(14)2/h5-6,10H,4,7-9H2,1-3H3. The van der Waals surface area contributed by atoms with Gasteiger partial charge in [-0.25, -0.2) is 8.42 Å². The molecule has 0 bridgehead atoms. The van der Waals surface area contributed by atoms with Crippen LogP contribution in [-0.4, -0.2) is 50.3 Å². The van der Waals surface area contributed by atoms with Crippen LogP contribution in [0.25, 0.3) is 0 Å². The van der Waals surface area contributed by atoms with E-state index in [1.54, 1.807) is 10.4 Å². The second-order valence-corrected chi connectivity index (χ2v) is 8.09. The van der Waals surface area contributed by atoms with Crippen molar-refractivity contribution in [2.24, 2.45) is 0 Å². The molecule has 0 aliphatic carbocycles. The highest BCUT2D eigenvalue weighted by Crippen LogP contribution is 2.27. The first-order valence-corrected chi connectivity index (χ1v) is 8.50. The second-order valence-electron chi connectivity index (χ2n) is 4.80. The van der Waals surface area contributed by atoms with E-state index in [9.17, 15) is 8.42 Å². The molecule has 6 heteroatoms. The smallest absolute Gasteiger partial charge is 0.252 e. The van der Waals surface area contributed by atoms with Crippen LogP contribution in [0.15, 0.2) is 16.3 Å². The van der Waals surface area contributed by atoms with Gasteiger partial charge in [-0.15, -0.1) is 11.3 Å². The predicted octanol–water partition coefficient (Wildman–Crippen LogP) is 1.64. The van der Waals surface area contributed by atoms with Crippen molar-refractivity contribution in [3.05, 3.63) is 17.0 Å². The van der Waals surface area contributed by atoms with Crippen molar-refractivity contribution < 1.29 is 8.42 Å². The Bertz CT molecular complexity index is 510. The van der Waals surface area contributed by atoms with Crippen molar-refractivity contribution in [2.45, 2.75) is 30.5 Å². The van der Waals surface area contributed by atoms with E-state index in [0.29, 0.717) is 10.8 Å². The molecule has 102 valence electrons. The van der Waals surface area contributed by atoms with Gasteiger partial charge in [0.25, 0.3) is 10.0 Å². The van der Waals surface area contributed by atoms with Gasteiger partial charge >= 0.3 is 0 Å². The van der Waals surface area contributed by atoms with E-state index in [2.05, 4.69) is 4.90 Å². The Balaban J connectivity index is 2.25. The molecule has 0 N–H and O–H groups in total. The highest BCUT2D eigenvalue weighted by Gasteiger charge is 2.33. The van der Waals surface area contributed by atoms with Crippen molar-refractivity contribution in [2.75, 3.05) is 26.7 Å². The van der Waals surface area contributed by atoms with Gasteiger partial charge in [-0.1, -0.05) is 6.92 Å². The highest BCUT2D eigenvalue weighted by atomic mass is 32.2. The Kier molecular flexibility index (Phi) is 4.11. The summed E-state index contributed by atoms with van der Waals surface area (Å²) < 4.78 is 27.2. The number of piperazine rings is 1. The predicted molar refractivity (Wildman–Crippen MR) is 74.5 cm³/mol. The molecule has 2 heterocycles. The summed E-state index contributed by atoms with van der Waals surface area (Å²) in [4.78, 5) is 3.29. The van der Waals surface area contributed by atoms with Crippen LogP contribution in [0.5, 0.6) is 0 Å². The minimum Gasteiger partial charge on any atom is -0.303 e. The Hall–Kier alpha value is -0.430. The molecular weight excluding hydrogens is 268 g/mol. The van der Waals surface area contributed by atoms with Gasteiger partial charge in [-0.3, -0.25) is 0 Å². The summed E-state index contributed by atoms with van der Waals surface area (Å²) in [6, 6.07) is 3.70. The zero-order chi connectivity index (χ0) is 13.3. The number of rotatable bonds is 3. The topological polar surface area (TPSA) is 40.6 Å². The Morgan fingerprint density at radius 2 is 2.11 bits per heavy atom. The summed E-state index contributed by atoms with van der Waals surface area (Å²) in [6.45, 7) is 6.20. The molecule has 0 aromatic carbocycles. The van der Waals surface area contributed by atoms with Gasteiger partial charge in [0, 0.05) is 30.6 Å². The molecule has 1 fully saturated rings. The molecule has 1 unspecified atom stereocenters. The molecule has 1 aliphatic heterocycles. The fraction of sp³-hybridized carbons (Fsp3) is 0.667. The summed E-state index contributed by atoms with van der Waals surface area (Å²) in [5.41, 5.74) is 0. The molecule has 1 aromatic heterocycles. The van der Waals surface area contributed by atoms with Crippen LogP contribution in [0.2, 0.25) is 0 Å². The molecule has 1 aromatic rings. The molecule has 0 amide bonds. The molecule has 4 nitrogen and oxygen atoms in total. The van der Waals surface area contributed by atoms with Crippen LogP contribution in [0.4, 0.5) is 0 Å². The summed E-state index contributed by atoms with van der Waals surface area (Å²) in [5, 5.41) is 0. The quantitative estimate of drug-likeness (QED) is 0.849. The minimum absolute atomic E-state index is 0.0425. The van der Waals surface area contributed by atoms with Gasteiger partial charge < -0.3 is 4.90 Å². The number of thiophene rings is 1. The van der Waals surface area contributed by atoms with E-state index in [0.717, 1.165) is 24.4 Å². The number of hydrogen-bond donors (Lipinski definition) is 0. The molecule has 2 rings (SSSR count). The van der Waals surface area contributed by atoms with E-state index in [4.69, 9.17) is 0 Å². The largest absolute Gasteiger partial charge is 0.303 e. The van der Waals surface area contributed by atoms with Crippen LogP contribution in [0.3, 0.4) is 0 Å². The summed E-state index contributed by atoms with van der Waals surface area (Å²) in [6.07, 6.45) is 0.887. The van der Waals surface area contributed by atoms with Gasteiger partial charge in [0.05, 0.1) is 0 Å². The van der Waals surface area contributed by atoms with E-state index >= 15 is 0 Å². The lowest BCUT2D eigenvalue weighted by Gasteiger charge is -2.36. The number of hydrogen-bond acceptors (Lipinski definition) is 4. The first-order chi connectivity index (χ1) is 8.45. The van der Waals surface area contributed by atoms with Crippen molar-refractivity contribution in [3.8, 4) is 0 Å². The van der Waals surface area contributed by atoms with Crippen LogP contribution >= 0.6 is 11.3 Å². The molecule has 1 aliphatic rings. The molecular formula is C12H20N2O2S2. The second kappa shape index (κ2) is 5.28. The van der Waals surface area contributed by atoms with Crippen LogP contribution < -0.4 is 0 Å². The van der Waals surface area contributed by atoms with Crippen molar-refractivity contribution in [1.29, 1.82) is 0 Å². The molecule has 18 heavy (non-hydrogen) atoms. The van der Waals surface area contributed by atoms with Crippen molar-refractivity contribution in [1.82, 2.24) is 9.21 Å². The number of likely N-dealkylation sites (N-methyl/N-ethyl adjacent to an activating group) is 1. The first kappa shape index (κ1) is 14.0. The number of aryl methyl sites for hydroxylation is 1. The fourth-order valence-electron chi connectivity index (χ4n) is 2.28. The average molecular weight is 288 g/mol. The average Bonchev–Trinajstić information content (AvgIpc) is 2.77. The van der Waals surface area contributed by atoms with E-state index in [1.807, 2.05) is 27.0 Å². The lowest BCUT2D eigenvalue weighted by Crippen LogP contribution is -2.52. The van der Waals surface area contributed by atoms with Crippen molar-refractivity contribution in [3.63, 3.8) is 0 Å². The fourth-order valence-corrected chi connectivity index (χ4v) is 5.32. The molecule has 1 atom stereocenters. The maximum absolute atomic E-state index is 12.6. The third-order valence-electron chi connectivity index (χ3n) is 3.32. The molecule has 0 spiro atoms. The van der Waals surface area contributed by atoms with Gasteiger partial charge in [-0.05, 0) is 32.5 Å². The minimum atomic E-state index is -3.30. The maximum atomic E-state index is 12.6. The zero-order valence-corrected chi connectivity index (χ0v) is 12.7. The van der Waals surface area contributed by atoms with Gasteiger partial charge in [-0.2, -0.15) is 4.31 Å². The monoisotopic (exact) mass is 288 g/mol. The van der Waals surface area contributed by atoms with Gasteiger partial charge in [0.2, 0.25) is 0 Å². The molecule has 1 saturated heterocycles. The Morgan fingerprint density at radius 1 is 1.39 bits per heavy atom. The maximum Gasteiger partial charge on any atom is 0.252 e. The van der Waals surface area contributed by atoms with Gasteiger partial charge in [0.1, 0.15) is 4.21 Å². The number of nitrogens with zero attached hydrogens (tertiary/aromatic N) is 2. The SMILES string of the molecule is CCc1ccc(S(=O)(=O)N2CCN(C)CC2C)s1. The lowest BCUT2D eigenvalue weighted by atomic mass is 10.2. The molecule has 0 radical (unpaired) electrons. The summed E-state index contributed by atoms with van der Waals surface area (Å²) in [5.74, 6) is 0. The zero-order valence-electron chi connectivity index (χ0n) is 11.1. The first-order valence-electron chi connectivity index (χ1n) is 6.24. The lowest BCUT2D eigenvalue weighted by molar-refractivity contribution is 0.170. The van der Waals surface area contributed by atoms with Gasteiger partial charge in [0.15, 0.2) is 0 Å². The van der Waals surface area contributed by atoms with Crippen LogP contribution in [0, 0.1) is 0 Å². The van der Waals surface area contributed by atoms with E-state index in [-0.39, 0.29) is 6.04 Å². The normalized spacial score (nSPS) is 23.4. The number of sulfonamides is 1. The summed E-state index contributed by atoms with van der Waals surface area (Å²) in [7, 11) is -1.27. The van der Waals surface area contributed by atoms with Crippen LogP contribution in [0.1, 0.15) is 18.7 Å². The summed E-state index contributed by atoms with van der Waals surface area (Å²) >= 11 is 1.39. The Morgan fingerprint density at radius 3 is 2.67 bits per heavy atom. The van der Waals surface area contributed by atoms with Crippen molar-refractivity contribution >= 4 is 21.4 Å². The third-order valence-corrected chi connectivity index (χ3v) is 7.03. The Labute approximate surface area is 113 Å². The van der Waals surface area contributed by atoms with E-state index < -0.39 is 10.0 Å². The third kappa shape index (κ3) is 2.61. The van der Waals surface area contributed by atoms with E-state index in [1.165, 1.54) is 11.3 Å². The molecule has 0 saturated carbocycles. The highest BCUT2D eigenvalue weighted by molar-refractivity contribution is 7.91. The van der Waals surface area contributed by atoms with Crippen LogP contribution in [-0.2, 0) is 16.4 Å².